The van der Waals surface area contributed by atoms with Crippen LogP contribution in [0.3, 0.4) is 0 Å². The van der Waals surface area contributed by atoms with Crippen molar-refractivity contribution in [1.82, 2.24) is 14.5 Å². The SMILES string of the molecule is Cc1ccccc1CN(C(=O)CCCN1C(=O)c2ccccc2S1(=O)=O)[C@@H](C)C(=O)NC1CCCCC1. The monoisotopic (exact) mass is 525 g/mol. The highest BCUT2D eigenvalue weighted by atomic mass is 32.2. The third-order valence-electron chi connectivity index (χ3n) is 7.38. The molecule has 1 fully saturated rings. The van der Waals surface area contributed by atoms with Crippen LogP contribution in [0.5, 0.6) is 0 Å². The van der Waals surface area contributed by atoms with Crippen LogP contribution >= 0.6 is 0 Å². The van der Waals surface area contributed by atoms with Crippen molar-refractivity contribution in [2.24, 2.45) is 0 Å². The molecule has 1 N–H and O–H groups in total. The van der Waals surface area contributed by atoms with Gasteiger partial charge in [-0.15, -0.1) is 0 Å². The summed E-state index contributed by atoms with van der Waals surface area (Å²) < 4.78 is 26.5. The summed E-state index contributed by atoms with van der Waals surface area (Å²) in [6.07, 6.45) is 5.44. The number of aryl methyl sites for hydroxylation is 1. The normalized spacial score (nSPS) is 17.8. The lowest BCUT2D eigenvalue weighted by Gasteiger charge is -2.31. The van der Waals surface area contributed by atoms with E-state index in [1.807, 2.05) is 31.2 Å². The Kier molecular flexibility index (Phi) is 8.32. The molecule has 198 valence electrons. The van der Waals surface area contributed by atoms with Crippen molar-refractivity contribution in [2.45, 2.75) is 82.3 Å². The van der Waals surface area contributed by atoms with Gasteiger partial charge >= 0.3 is 0 Å². The number of amides is 3. The van der Waals surface area contributed by atoms with E-state index in [0.717, 1.165) is 41.1 Å². The largest absolute Gasteiger partial charge is 0.352 e. The van der Waals surface area contributed by atoms with Crippen LogP contribution in [-0.4, -0.2) is 54.0 Å². The molecule has 1 aliphatic carbocycles. The minimum atomic E-state index is -3.92. The number of hydrogen-bond acceptors (Lipinski definition) is 5. The van der Waals surface area contributed by atoms with Gasteiger partial charge in [0.1, 0.15) is 10.9 Å². The number of carbonyl (C=O) groups is 3. The molecule has 1 saturated carbocycles. The molecule has 0 spiro atoms. The van der Waals surface area contributed by atoms with E-state index in [1.54, 1.807) is 24.0 Å². The molecule has 37 heavy (non-hydrogen) atoms. The second-order valence-electron chi connectivity index (χ2n) is 9.95. The summed E-state index contributed by atoms with van der Waals surface area (Å²) in [6, 6.07) is 13.3. The molecule has 8 nitrogen and oxygen atoms in total. The van der Waals surface area contributed by atoms with Crippen LogP contribution in [0, 0.1) is 6.92 Å². The third kappa shape index (κ3) is 5.87. The number of benzene rings is 2. The fourth-order valence-electron chi connectivity index (χ4n) is 5.09. The second kappa shape index (κ2) is 11.5. The van der Waals surface area contributed by atoms with Crippen LogP contribution in [0.15, 0.2) is 53.4 Å². The molecule has 0 radical (unpaired) electrons. The molecule has 2 aliphatic rings. The first-order chi connectivity index (χ1) is 17.7. The van der Waals surface area contributed by atoms with Crippen LogP contribution in [0.25, 0.3) is 0 Å². The topological polar surface area (TPSA) is 104 Å². The number of hydrogen-bond donors (Lipinski definition) is 1. The first-order valence-electron chi connectivity index (χ1n) is 13.0. The molecule has 2 aromatic carbocycles. The molecule has 1 atom stereocenters. The lowest BCUT2D eigenvalue weighted by molar-refractivity contribution is -0.141. The molecular weight excluding hydrogens is 490 g/mol. The third-order valence-corrected chi connectivity index (χ3v) is 9.23. The number of sulfonamides is 1. The minimum Gasteiger partial charge on any atom is -0.352 e. The second-order valence-corrected chi connectivity index (χ2v) is 11.8. The standard InChI is InChI=1S/C28H35N3O5S/c1-20-11-6-7-12-22(20)19-30(21(2)27(33)29-23-13-4-3-5-14-23)26(32)17-10-18-31-28(34)24-15-8-9-16-25(24)37(31,35)36/h6-9,11-12,15-16,21,23H,3-5,10,13-14,17-19H2,1-2H3,(H,29,33)/t21-/m0/s1. The predicted molar refractivity (Wildman–Crippen MR) is 140 cm³/mol. The van der Waals surface area contributed by atoms with E-state index in [9.17, 15) is 22.8 Å². The van der Waals surface area contributed by atoms with Gasteiger partial charge in [0, 0.05) is 25.6 Å². The van der Waals surface area contributed by atoms with Crippen LogP contribution in [0.1, 0.15) is 73.4 Å². The molecule has 1 aliphatic heterocycles. The highest BCUT2D eigenvalue weighted by Gasteiger charge is 2.40. The summed E-state index contributed by atoms with van der Waals surface area (Å²) >= 11 is 0. The van der Waals surface area contributed by atoms with Crippen molar-refractivity contribution in [3.63, 3.8) is 0 Å². The van der Waals surface area contributed by atoms with Gasteiger partial charge in [0.15, 0.2) is 0 Å². The highest BCUT2D eigenvalue weighted by Crippen LogP contribution is 2.30. The maximum Gasteiger partial charge on any atom is 0.269 e. The van der Waals surface area contributed by atoms with Crippen molar-refractivity contribution in [1.29, 1.82) is 0 Å². The lowest BCUT2D eigenvalue weighted by atomic mass is 9.95. The van der Waals surface area contributed by atoms with Crippen LogP contribution in [0.4, 0.5) is 0 Å². The molecule has 0 bridgehead atoms. The number of fused-ring (bicyclic) bond motifs is 1. The van der Waals surface area contributed by atoms with E-state index < -0.39 is 22.0 Å². The molecule has 9 heteroatoms. The summed E-state index contributed by atoms with van der Waals surface area (Å²) in [5.74, 6) is -1.00. The van der Waals surface area contributed by atoms with Gasteiger partial charge in [0.05, 0.1) is 5.56 Å². The van der Waals surface area contributed by atoms with Gasteiger partial charge in [-0.05, 0) is 56.4 Å². The zero-order valence-corrected chi connectivity index (χ0v) is 22.3. The quantitative estimate of drug-likeness (QED) is 0.537. The Morgan fingerprint density at radius 1 is 1.05 bits per heavy atom. The molecular formula is C28H35N3O5S. The van der Waals surface area contributed by atoms with Crippen molar-refractivity contribution >= 4 is 27.7 Å². The van der Waals surface area contributed by atoms with Gasteiger partial charge in [0.25, 0.3) is 15.9 Å². The summed E-state index contributed by atoms with van der Waals surface area (Å²) in [4.78, 5) is 40.8. The summed E-state index contributed by atoms with van der Waals surface area (Å²) in [5.41, 5.74) is 2.12. The number of carbonyl (C=O) groups excluding carboxylic acids is 3. The van der Waals surface area contributed by atoms with Crippen molar-refractivity contribution in [2.75, 3.05) is 6.54 Å². The fourth-order valence-corrected chi connectivity index (χ4v) is 6.70. The predicted octanol–water partition coefficient (Wildman–Crippen LogP) is 3.79. The van der Waals surface area contributed by atoms with Gasteiger partial charge in [-0.3, -0.25) is 14.4 Å². The van der Waals surface area contributed by atoms with E-state index in [-0.39, 0.29) is 54.2 Å². The van der Waals surface area contributed by atoms with Gasteiger partial charge in [0.2, 0.25) is 11.8 Å². The Labute approximate surface area is 219 Å². The molecule has 2 aromatic rings. The number of nitrogens with one attached hydrogen (secondary N) is 1. The Balaban J connectivity index is 1.44. The Morgan fingerprint density at radius 2 is 1.73 bits per heavy atom. The Hall–Kier alpha value is -3.20. The summed E-state index contributed by atoms with van der Waals surface area (Å²) in [6.45, 7) is 3.88. The summed E-state index contributed by atoms with van der Waals surface area (Å²) in [7, 11) is -3.92. The van der Waals surface area contributed by atoms with Crippen molar-refractivity contribution < 1.29 is 22.8 Å². The first kappa shape index (κ1) is 26.9. The maximum atomic E-state index is 13.4. The lowest BCUT2D eigenvalue weighted by Crippen LogP contribution is -2.50. The zero-order chi connectivity index (χ0) is 26.6. The molecule has 0 saturated heterocycles. The molecule has 1 heterocycles. The van der Waals surface area contributed by atoms with Crippen LogP contribution in [0.2, 0.25) is 0 Å². The van der Waals surface area contributed by atoms with E-state index in [4.69, 9.17) is 0 Å². The molecule has 0 unspecified atom stereocenters. The van der Waals surface area contributed by atoms with Gasteiger partial charge in [-0.2, -0.15) is 0 Å². The number of rotatable bonds is 9. The van der Waals surface area contributed by atoms with E-state index >= 15 is 0 Å². The average Bonchev–Trinajstić information content (AvgIpc) is 3.09. The highest BCUT2D eigenvalue weighted by molar-refractivity contribution is 7.90. The van der Waals surface area contributed by atoms with Crippen molar-refractivity contribution in [3.05, 3.63) is 65.2 Å². The Bertz CT molecular complexity index is 1270. The van der Waals surface area contributed by atoms with Crippen molar-refractivity contribution in [3.8, 4) is 0 Å². The first-order valence-corrected chi connectivity index (χ1v) is 14.4. The molecule has 0 aromatic heterocycles. The van der Waals surface area contributed by atoms with Gasteiger partial charge in [-0.1, -0.05) is 55.7 Å². The Morgan fingerprint density at radius 3 is 2.43 bits per heavy atom. The summed E-state index contributed by atoms with van der Waals surface area (Å²) in [5, 5.41) is 3.12. The van der Waals surface area contributed by atoms with Crippen LogP contribution < -0.4 is 5.32 Å². The van der Waals surface area contributed by atoms with Crippen LogP contribution in [-0.2, 0) is 26.2 Å². The number of nitrogens with zero attached hydrogens (tertiary/aromatic N) is 2. The molecule has 3 amide bonds. The zero-order valence-electron chi connectivity index (χ0n) is 21.5. The maximum absolute atomic E-state index is 13.4. The minimum absolute atomic E-state index is 0.000474. The average molecular weight is 526 g/mol. The van der Waals surface area contributed by atoms with Gasteiger partial charge in [-0.25, -0.2) is 12.7 Å². The fraction of sp³-hybridized carbons (Fsp3) is 0.464. The van der Waals surface area contributed by atoms with E-state index in [0.29, 0.717) is 0 Å². The van der Waals surface area contributed by atoms with E-state index in [2.05, 4.69) is 5.32 Å². The molecule has 4 rings (SSSR count). The van der Waals surface area contributed by atoms with Gasteiger partial charge < -0.3 is 10.2 Å². The van der Waals surface area contributed by atoms with E-state index in [1.165, 1.54) is 18.6 Å². The smallest absolute Gasteiger partial charge is 0.269 e.